The van der Waals surface area contributed by atoms with Crippen molar-refractivity contribution in [3.63, 3.8) is 0 Å². The van der Waals surface area contributed by atoms with Crippen LogP contribution in [0.4, 0.5) is 5.69 Å². The van der Waals surface area contributed by atoms with Crippen molar-refractivity contribution in [3.05, 3.63) is 42.0 Å². The van der Waals surface area contributed by atoms with Crippen LogP contribution in [0, 0.1) is 0 Å². The molecule has 0 spiro atoms. The van der Waals surface area contributed by atoms with E-state index < -0.39 is 0 Å². The van der Waals surface area contributed by atoms with Crippen molar-refractivity contribution >= 4 is 39.6 Å². The van der Waals surface area contributed by atoms with Crippen LogP contribution in [0.5, 0.6) is 0 Å². The number of carbonyl (C=O) groups is 1. The van der Waals surface area contributed by atoms with Gasteiger partial charge in [0, 0.05) is 23.2 Å². The zero-order valence-electron chi connectivity index (χ0n) is 12.1. The molecule has 0 aliphatic rings. The summed E-state index contributed by atoms with van der Waals surface area (Å²) in [5.74, 6) is -0.0278. The van der Waals surface area contributed by atoms with Crippen LogP contribution < -0.4 is 16.4 Å². The Morgan fingerprint density at radius 2 is 1.90 bits per heavy atom. The first-order chi connectivity index (χ1) is 10.0. The smallest absolute Gasteiger partial charge is 0.242 e. The van der Waals surface area contributed by atoms with Crippen LogP contribution in [-0.4, -0.2) is 23.5 Å². The lowest BCUT2D eigenvalue weighted by Crippen LogP contribution is -2.37. The van der Waals surface area contributed by atoms with Gasteiger partial charge in [0.2, 0.25) is 5.91 Å². The molecule has 0 aromatic heterocycles. The Kier molecular flexibility index (Phi) is 4.75. The van der Waals surface area contributed by atoms with Gasteiger partial charge in [0.15, 0.2) is 0 Å². The number of likely N-dealkylation sites (N-methyl/N-ethyl adjacent to an activating group) is 1. The number of nitrogens with one attached hydrogen (secondary N) is 2. The van der Waals surface area contributed by atoms with E-state index in [9.17, 15) is 4.79 Å². The largest absolute Gasteiger partial charge is 0.389 e. The lowest BCUT2D eigenvalue weighted by atomic mass is 10.0. The van der Waals surface area contributed by atoms with Crippen LogP contribution in [0.3, 0.4) is 0 Å². The summed E-state index contributed by atoms with van der Waals surface area (Å²) in [5.41, 5.74) is 7.50. The molecule has 4 N–H and O–H groups in total. The standard InChI is InChI=1S/C16H19N3OS/c1-3-18-16(20)10(2)19-14-9-8-13(15(17)21)11-6-4-5-7-12(11)14/h4-10,19H,3H2,1-2H3,(H2,17,21)(H,18,20). The number of benzene rings is 2. The van der Waals surface area contributed by atoms with Gasteiger partial charge in [0.05, 0.1) is 0 Å². The minimum absolute atomic E-state index is 0.0278. The molecule has 1 amide bonds. The molecule has 2 rings (SSSR count). The highest BCUT2D eigenvalue weighted by atomic mass is 32.1. The predicted octanol–water partition coefficient (Wildman–Crippen LogP) is 2.41. The molecule has 0 heterocycles. The molecule has 0 bridgehead atoms. The van der Waals surface area contributed by atoms with Crippen molar-refractivity contribution in [2.24, 2.45) is 5.73 Å². The van der Waals surface area contributed by atoms with Gasteiger partial charge in [0.1, 0.15) is 11.0 Å². The Bertz CT molecular complexity index is 684. The molecule has 0 saturated carbocycles. The molecule has 0 aliphatic carbocycles. The quantitative estimate of drug-likeness (QED) is 0.742. The lowest BCUT2D eigenvalue weighted by Gasteiger charge is -2.17. The number of hydrogen-bond acceptors (Lipinski definition) is 3. The second-order valence-corrected chi connectivity index (χ2v) is 5.27. The maximum absolute atomic E-state index is 11.8. The number of hydrogen-bond donors (Lipinski definition) is 3. The molecule has 21 heavy (non-hydrogen) atoms. The zero-order chi connectivity index (χ0) is 15.4. The maximum atomic E-state index is 11.8. The third-order valence-electron chi connectivity index (χ3n) is 3.31. The average molecular weight is 301 g/mol. The predicted molar refractivity (Wildman–Crippen MR) is 91.6 cm³/mol. The van der Waals surface area contributed by atoms with Crippen molar-refractivity contribution in [3.8, 4) is 0 Å². The van der Waals surface area contributed by atoms with Crippen LogP contribution in [0.15, 0.2) is 36.4 Å². The van der Waals surface area contributed by atoms with E-state index in [2.05, 4.69) is 10.6 Å². The third kappa shape index (κ3) is 3.31. The first kappa shape index (κ1) is 15.3. The Morgan fingerprint density at radius 3 is 2.52 bits per heavy atom. The molecule has 110 valence electrons. The van der Waals surface area contributed by atoms with Crippen LogP contribution >= 0.6 is 12.2 Å². The van der Waals surface area contributed by atoms with Gasteiger partial charge in [-0.05, 0) is 31.4 Å². The highest BCUT2D eigenvalue weighted by Crippen LogP contribution is 2.27. The van der Waals surface area contributed by atoms with E-state index in [4.69, 9.17) is 18.0 Å². The summed E-state index contributed by atoms with van der Waals surface area (Å²) in [6.07, 6.45) is 0. The summed E-state index contributed by atoms with van der Waals surface area (Å²) in [7, 11) is 0. The van der Waals surface area contributed by atoms with Crippen molar-refractivity contribution in [2.75, 3.05) is 11.9 Å². The van der Waals surface area contributed by atoms with Crippen molar-refractivity contribution < 1.29 is 4.79 Å². The monoisotopic (exact) mass is 301 g/mol. The first-order valence-electron chi connectivity index (χ1n) is 6.90. The Balaban J connectivity index is 2.40. The third-order valence-corrected chi connectivity index (χ3v) is 3.53. The lowest BCUT2D eigenvalue weighted by molar-refractivity contribution is -0.121. The molecule has 2 aromatic carbocycles. The van der Waals surface area contributed by atoms with Crippen molar-refractivity contribution in [1.29, 1.82) is 0 Å². The summed E-state index contributed by atoms with van der Waals surface area (Å²) >= 11 is 5.09. The molecule has 4 nitrogen and oxygen atoms in total. The molecular weight excluding hydrogens is 282 g/mol. The van der Waals surface area contributed by atoms with E-state index in [1.165, 1.54) is 0 Å². The van der Waals surface area contributed by atoms with Gasteiger partial charge < -0.3 is 16.4 Å². The Labute approximate surface area is 129 Å². The molecule has 0 fully saturated rings. The van der Waals surface area contributed by atoms with Gasteiger partial charge >= 0.3 is 0 Å². The van der Waals surface area contributed by atoms with Crippen LogP contribution in [0.25, 0.3) is 10.8 Å². The minimum atomic E-state index is -0.316. The molecule has 0 saturated heterocycles. The van der Waals surface area contributed by atoms with E-state index in [0.29, 0.717) is 11.5 Å². The normalized spacial score (nSPS) is 11.9. The summed E-state index contributed by atoms with van der Waals surface area (Å²) in [6, 6.07) is 11.3. The van der Waals surface area contributed by atoms with Crippen molar-refractivity contribution in [1.82, 2.24) is 5.32 Å². The fourth-order valence-electron chi connectivity index (χ4n) is 2.27. The Morgan fingerprint density at radius 1 is 1.24 bits per heavy atom. The highest BCUT2D eigenvalue weighted by Gasteiger charge is 2.14. The van der Waals surface area contributed by atoms with E-state index >= 15 is 0 Å². The number of carbonyl (C=O) groups excluding carboxylic acids is 1. The molecule has 5 heteroatoms. The fraction of sp³-hybridized carbons (Fsp3) is 0.250. The molecule has 0 aliphatic heterocycles. The number of thiocarbonyl (C=S) groups is 1. The second-order valence-electron chi connectivity index (χ2n) is 4.83. The van der Waals surface area contributed by atoms with Gasteiger partial charge in [-0.15, -0.1) is 0 Å². The average Bonchev–Trinajstić information content (AvgIpc) is 2.47. The van der Waals surface area contributed by atoms with E-state index in [-0.39, 0.29) is 11.9 Å². The van der Waals surface area contributed by atoms with Gasteiger partial charge in [-0.2, -0.15) is 0 Å². The number of fused-ring (bicyclic) bond motifs is 1. The summed E-state index contributed by atoms with van der Waals surface area (Å²) in [5, 5.41) is 8.02. The summed E-state index contributed by atoms with van der Waals surface area (Å²) < 4.78 is 0. The zero-order valence-corrected chi connectivity index (χ0v) is 13.0. The molecular formula is C16H19N3OS. The molecule has 1 atom stereocenters. The van der Waals surface area contributed by atoms with E-state index in [1.807, 2.05) is 50.2 Å². The van der Waals surface area contributed by atoms with Crippen LogP contribution in [0.2, 0.25) is 0 Å². The summed E-state index contributed by atoms with van der Waals surface area (Å²) in [4.78, 5) is 12.2. The van der Waals surface area contributed by atoms with Gasteiger partial charge in [-0.3, -0.25) is 4.79 Å². The van der Waals surface area contributed by atoms with Gasteiger partial charge in [-0.1, -0.05) is 36.5 Å². The van der Waals surface area contributed by atoms with Gasteiger partial charge in [-0.25, -0.2) is 0 Å². The maximum Gasteiger partial charge on any atom is 0.242 e. The number of nitrogens with two attached hydrogens (primary N) is 1. The number of anilines is 1. The fourth-order valence-corrected chi connectivity index (χ4v) is 2.44. The van der Waals surface area contributed by atoms with E-state index in [0.717, 1.165) is 22.0 Å². The SMILES string of the molecule is CCNC(=O)C(C)Nc1ccc(C(N)=S)c2ccccc12. The topological polar surface area (TPSA) is 67.2 Å². The minimum Gasteiger partial charge on any atom is -0.389 e. The number of amides is 1. The van der Waals surface area contributed by atoms with Crippen LogP contribution in [-0.2, 0) is 4.79 Å². The van der Waals surface area contributed by atoms with Crippen LogP contribution in [0.1, 0.15) is 19.4 Å². The van der Waals surface area contributed by atoms with Gasteiger partial charge in [0.25, 0.3) is 0 Å². The van der Waals surface area contributed by atoms with E-state index in [1.54, 1.807) is 0 Å². The molecule has 0 radical (unpaired) electrons. The first-order valence-corrected chi connectivity index (χ1v) is 7.31. The molecule has 1 unspecified atom stereocenters. The second kappa shape index (κ2) is 6.54. The van der Waals surface area contributed by atoms with Crippen molar-refractivity contribution in [2.45, 2.75) is 19.9 Å². The summed E-state index contributed by atoms with van der Waals surface area (Å²) in [6.45, 7) is 4.35. The Hall–Kier alpha value is -2.14. The number of rotatable bonds is 5. The molecule has 2 aromatic rings. The highest BCUT2D eigenvalue weighted by molar-refractivity contribution is 7.80.